The maximum Gasteiger partial charge on any atom is 0.252 e. The zero-order valence-corrected chi connectivity index (χ0v) is 55.2. The van der Waals surface area contributed by atoms with Crippen LogP contribution in [0.3, 0.4) is 0 Å². The van der Waals surface area contributed by atoms with E-state index in [0.717, 1.165) is 56.4 Å². The third-order valence-corrected chi connectivity index (χ3v) is 20.7. The summed E-state index contributed by atoms with van der Waals surface area (Å²) in [5, 5.41) is 0. The topological polar surface area (TPSA) is 6.48 Å². The maximum absolute atomic E-state index is 2.66. The van der Waals surface area contributed by atoms with E-state index in [9.17, 15) is 0 Å². The molecule has 0 atom stereocenters. The molecule has 0 spiro atoms. The van der Waals surface area contributed by atoms with E-state index < -0.39 is 5.41 Å². The lowest BCUT2D eigenvalue weighted by Gasteiger charge is -2.46. The van der Waals surface area contributed by atoms with E-state index in [4.69, 9.17) is 0 Å². The fraction of sp³-hybridized carbons (Fsp3) is 0.0968. The summed E-state index contributed by atoms with van der Waals surface area (Å²) < 4.78 is 0. The molecule has 96 heavy (non-hydrogen) atoms. The first-order valence-electron chi connectivity index (χ1n) is 33.9. The van der Waals surface area contributed by atoms with Gasteiger partial charge in [-0.1, -0.05) is 327 Å². The Morgan fingerprint density at radius 1 is 0.240 bits per heavy atom. The molecule has 0 amide bonds. The smallest absolute Gasteiger partial charge is 0.252 e. The van der Waals surface area contributed by atoms with Gasteiger partial charge in [0, 0.05) is 33.9 Å². The first kappa shape index (κ1) is 58.6. The second-order valence-electron chi connectivity index (χ2n) is 28.4. The van der Waals surface area contributed by atoms with Gasteiger partial charge in [0.15, 0.2) is 0 Å². The standard InChI is InChI=1S/C93H73BN2/c1-91(2,3)72-48-40-64(41-49-72)68-44-52-84(78(56-68)66-30-16-9-17-31-66)95-86-54-46-70(62-26-12-7-13-27-62)58-82(86)94-83-59-71(63-28-14-8-15-29-63)47-55-87(83)96(85-53-45-69(57-79(85)67-32-18-10-19-33-67)65-42-50-73(51-43-65)92(4,5)6)89-61-75(60-88(95)90(89)94)93(74-34-20-11-21-35-74)80-38-24-22-36-76(80)77-37-23-25-39-81(77)93/h7-61H,1-6H3. The van der Waals surface area contributed by atoms with Gasteiger partial charge in [0.2, 0.25) is 0 Å². The second kappa shape index (κ2) is 23.0. The second-order valence-corrected chi connectivity index (χ2v) is 28.4. The molecule has 2 heterocycles. The molecule has 2 nitrogen and oxygen atoms in total. The lowest BCUT2D eigenvalue weighted by Crippen LogP contribution is -2.61. The molecule has 2 aliphatic heterocycles. The Morgan fingerprint density at radius 3 is 0.938 bits per heavy atom. The number of nitrogens with zero attached hydrogens (tertiary/aromatic N) is 2. The molecule has 1 aliphatic carbocycles. The van der Waals surface area contributed by atoms with Crippen molar-refractivity contribution < 1.29 is 0 Å². The van der Waals surface area contributed by atoms with Gasteiger partial charge in [-0.05, 0) is 176 Å². The third-order valence-electron chi connectivity index (χ3n) is 20.7. The minimum atomic E-state index is -0.752. The molecule has 0 saturated heterocycles. The Kier molecular flexibility index (Phi) is 14.1. The summed E-state index contributed by atoms with van der Waals surface area (Å²) in [6.07, 6.45) is 0. The van der Waals surface area contributed by atoms with Crippen molar-refractivity contribution in [1.29, 1.82) is 0 Å². The highest BCUT2D eigenvalue weighted by Gasteiger charge is 2.50. The molecule has 17 rings (SSSR count). The highest BCUT2D eigenvalue weighted by atomic mass is 15.2. The molecule has 14 aromatic carbocycles. The van der Waals surface area contributed by atoms with Crippen LogP contribution in [0, 0.1) is 0 Å². The summed E-state index contributed by atoms with van der Waals surface area (Å²) in [6.45, 7) is 13.5. The summed E-state index contributed by atoms with van der Waals surface area (Å²) in [6, 6.07) is 127. The van der Waals surface area contributed by atoms with Crippen LogP contribution in [0.15, 0.2) is 334 Å². The quantitative estimate of drug-likeness (QED) is 0.126. The average molecular weight is 1230 g/mol. The molecule has 3 aliphatic rings. The molecule has 0 fully saturated rings. The van der Waals surface area contributed by atoms with Crippen molar-refractivity contribution in [3.05, 3.63) is 367 Å². The van der Waals surface area contributed by atoms with E-state index in [0.29, 0.717) is 0 Å². The minimum Gasteiger partial charge on any atom is -0.311 e. The van der Waals surface area contributed by atoms with Gasteiger partial charge in [-0.15, -0.1) is 0 Å². The molecule has 0 aromatic heterocycles. The summed E-state index contributed by atoms with van der Waals surface area (Å²) in [7, 11) is 0. The van der Waals surface area contributed by atoms with Gasteiger partial charge in [-0.2, -0.15) is 0 Å². The van der Waals surface area contributed by atoms with Gasteiger partial charge in [0.05, 0.1) is 16.8 Å². The van der Waals surface area contributed by atoms with Crippen molar-refractivity contribution in [2.75, 3.05) is 9.80 Å². The molecule has 0 radical (unpaired) electrons. The lowest BCUT2D eigenvalue weighted by molar-refractivity contribution is 0.590. The van der Waals surface area contributed by atoms with Gasteiger partial charge in [0.1, 0.15) is 0 Å². The van der Waals surface area contributed by atoms with Crippen molar-refractivity contribution in [2.24, 2.45) is 0 Å². The van der Waals surface area contributed by atoms with Gasteiger partial charge < -0.3 is 9.80 Å². The number of hydrogen-bond donors (Lipinski definition) is 0. The van der Waals surface area contributed by atoms with Gasteiger partial charge in [0.25, 0.3) is 6.71 Å². The van der Waals surface area contributed by atoms with E-state index in [2.05, 4.69) is 385 Å². The number of hydrogen-bond acceptors (Lipinski definition) is 2. The first-order chi connectivity index (χ1) is 46.9. The van der Waals surface area contributed by atoms with E-state index in [1.54, 1.807) is 0 Å². The number of anilines is 6. The molecular formula is C93H73BN2. The molecular weight excluding hydrogens is 1160 g/mol. The van der Waals surface area contributed by atoms with Crippen LogP contribution >= 0.6 is 0 Å². The number of fused-ring (bicyclic) bond motifs is 7. The molecule has 3 heteroatoms. The minimum absolute atomic E-state index is 0.0254. The SMILES string of the molecule is CC(C)(C)c1ccc(-c2ccc(N3c4ccc(-c5ccccc5)cc4B4c5cc(-c6ccccc6)ccc5N(c5ccc(-c6ccc(C(C)(C)C)cc6)cc5-c5ccccc5)c5cc(C6(c7ccccc7)c7ccccc7-c7ccccc76)cc3c54)c(-c3ccccc3)c2)cc1. The third kappa shape index (κ3) is 9.70. The van der Waals surface area contributed by atoms with Crippen LogP contribution in [0.4, 0.5) is 34.1 Å². The van der Waals surface area contributed by atoms with E-state index >= 15 is 0 Å². The van der Waals surface area contributed by atoms with E-state index in [-0.39, 0.29) is 17.5 Å². The Bertz CT molecular complexity index is 4970. The molecule has 14 aromatic rings. The van der Waals surface area contributed by atoms with Crippen LogP contribution in [0.1, 0.15) is 74.9 Å². The zero-order chi connectivity index (χ0) is 64.9. The summed E-state index contributed by atoms with van der Waals surface area (Å²) in [5.41, 5.74) is 33.9. The van der Waals surface area contributed by atoms with Gasteiger partial charge >= 0.3 is 0 Å². The van der Waals surface area contributed by atoms with Crippen LogP contribution in [0.5, 0.6) is 0 Å². The summed E-state index contributed by atoms with van der Waals surface area (Å²) >= 11 is 0. The normalized spacial score (nSPS) is 13.3. The Labute approximate surface area is 566 Å². The van der Waals surface area contributed by atoms with Gasteiger partial charge in [-0.25, -0.2) is 0 Å². The molecule has 0 unspecified atom stereocenters. The average Bonchev–Trinajstić information content (AvgIpc) is 1.24. The highest BCUT2D eigenvalue weighted by Crippen LogP contribution is 2.59. The Morgan fingerprint density at radius 2 is 0.552 bits per heavy atom. The molecule has 0 N–H and O–H groups in total. The lowest BCUT2D eigenvalue weighted by atomic mass is 9.33. The van der Waals surface area contributed by atoms with Crippen molar-refractivity contribution in [3.8, 4) is 77.9 Å². The van der Waals surface area contributed by atoms with Crippen LogP contribution in [-0.2, 0) is 16.2 Å². The Balaban J connectivity index is 1.03. The van der Waals surface area contributed by atoms with Crippen molar-refractivity contribution >= 4 is 57.2 Å². The highest BCUT2D eigenvalue weighted by molar-refractivity contribution is 7.00. The number of rotatable bonds is 10. The van der Waals surface area contributed by atoms with Crippen molar-refractivity contribution in [2.45, 2.75) is 57.8 Å². The number of benzene rings is 14. The first-order valence-corrected chi connectivity index (χ1v) is 33.9. The Hall–Kier alpha value is -11.3. The van der Waals surface area contributed by atoms with Crippen LogP contribution in [-0.4, -0.2) is 6.71 Å². The predicted molar refractivity (Wildman–Crippen MR) is 408 cm³/mol. The van der Waals surface area contributed by atoms with E-state index in [1.165, 1.54) is 105 Å². The largest absolute Gasteiger partial charge is 0.311 e. The predicted octanol–water partition coefficient (Wildman–Crippen LogP) is 22.7. The summed E-state index contributed by atoms with van der Waals surface area (Å²) in [4.78, 5) is 5.33. The molecule has 0 saturated carbocycles. The van der Waals surface area contributed by atoms with Crippen LogP contribution < -0.4 is 26.2 Å². The fourth-order valence-electron chi connectivity index (χ4n) is 15.9. The zero-order valence-electron chi connectivity index (χ0n) is 55.2. The molecule has 458 valence electrons. The van der Waals surface area contributed by atoms with Crippen molar-refractivity contribution in [3.63, 3.8) is 0 Å². The monoisotopic (exact) mass is 1230 g/mol. The van der Waals surface area contributed by atoms with Crippen molar-refractivity contribution in [1.82, 2.24) is 0 Å². The van der Waals surface area contributed by atoms with Gasteiger partial charge in [-0.3, -0.25) is 0 Å². The maximum atomic E-state index is 2.66. The van der Waals surface area contributed by atoms with E-state index in [1.807, 2.05) is 0 Å². The van der Waals surface area contributed by atoms with Crippen LogP contribution in [0.25, 0.3) is 77.9 Å². The van der Waals surface area contributed by atoms with Crippen LogP contribution in [0.2, 0.25) is 0 Å². The summed E-state index contributed by atoms with van der Waals surface area (Å²) in [5.74, 6) is 0. The molecule has 0 bridgehead atoms. The fourth-order valence-corrected chi connectivity index (χ4v) is 15.9.